The number of rotatable bonds is 3. The zero-order valence-corrected chi connectivity index (χ0v) is 12.0. The molecule has 0 amide bonds. The highest BCUT2D eigenvalue weighted by molar-refractivity contribution is 5.73. The van der Waals surface area contributed by atoms with Gasteiger partial charge in [-0.1, -0.05) is 40.2 Å². The molecule has 0 saturated carbocycles. The summed E-state index contributed by atoms with van der Waals surface area (Å²) in [5.74, 6) is 1.09. The molecule has 0 saturated heterocycles. The largest absolute Gasteiger partial charge is 0.334 e. The van der Waals surface area contributed by atoms with E-state index in [0.29, 0.717) is 18.3 Å². The normalized spacial score (nSPS) is 11.1. The molecule has 0 fully saturated rings. The molecule has 0 aliphatic carbocycles. The van der Waals surface area contributed by atoms with E-state index in [4.69, 9.17) is 4.52 Å². The number of para-hydroxylation sites is 1. The number of hydrogen-bond acceptors (Lipinski definition) is 5. The van der Waals surface area contributed by atoms with Crippen LogP contribution in [0.25, 0.3) is 22.5 Å². The highest BCUT2D eigenvalue weighted by Crippen LogP contribution is 2.19. The first-order valence-electron chi connectivity index (χ1n) is 6.97. The minimum atomic E-state index is 0.426. The SMILES string of the molecule is Cc1cccc(-c2nc(Cn3nnc4ccccc43)no2)c1. The number of aromatic nitrogens is 5. The van der Waals surface area contributed by atoms with Crippen LogP contribution in [0.3, 0.4) is 0 Å². The highest BCUT2D eigenvalue weighted by Gasteiger charge is 2.11. The fourth-order valence-corrected chi connectivity index (χ4v) is 2.38. The molecule has 0 bridgehead atoms. The van der Waals surface area contributed by atoms with Crippen LogP contribution in [-0.2, 0) is 6.54 Å². The van der Waals surface area contributed by atoms with E-state index < -0.39 is 0 Å². The van der Waals surface area contributed by atoms with E-state index in [2.05, 4.69) is 20.5 Å². The Bertz CT molecular complexity index is 940. The summed E-state index contributed by atoms with van der Waals surface area (Å²) >= 11 is 0. The molecule has 6 heteroatoms. The molecule has 22 heavy (non-hydrogen) atoms. The minimum Gasteiger partial charge on any atom is -0.334 e. The summed E-state index contributed by atoms with van der Waals surface area (Å²) in [6.07, 6.45) is 0. The third-order valence-corrected chi connectivity index (χ3v) is 3.44. The average molecular weight is 291 g/mol. The van der Waals surface area contributed by atoms with Crippen molar-refractivity contribution in [2.45, 2.75) is 13.5 Å². The van der Waals surface area contributed by atoms with E-state index in [1.54, 1.807) is 4.68 Å². The number of nitrogens with zero attached hydrogens (tertiary/aromatic N) is 5. The maximum absolute atomic E-state index is 5.34. The van der Waals surface area contributed by atoms with Crippen molar-refractivity contribution in [2.75, 3.05) is 0 Å². The summed E-state index contributed by atoms with van der Waals surface area (Å²) in [5.41, 5.74) is 3.87. The molecule has 2 heterocycles. The first-order chi connectivity index (χ1) is 10.8. The summed E-state index contributed by atoms with van der Waals surface area (Å²) < 4.78 is 7.11. The second-order valence-electron chi connectivity index (χ2n) is 5.12. The van der Waals surface area contributed by atoms with Crippen LogP contribution in [0.1, 0.15) is 11.4 Å². The molecule has 4 rings (SSSR count). The molecule has 0 aliphatic rings. The van der Waals surface area contributed by atoms with Crippen LogP contribution in [0.15, 0.2) is 53.1 Å². The zero-order chi connectivity index (χ0) is 14.9. The maximum Gasteiger partial charge on any atom is 0.257 e. The standard InChI is InChI=1S/C16H13N5O/c1-11-5-4-6-12(9-11)16-17-15(19-22-16)10-21-14-8-3-2-7-13(14)18-20-21/h2-9H,10H2,1H3. The molecule has 0 atom stereocenters. The third kappa shape index (κ3) is 2.24. The molecule has 0 radical (unpaired) electrons. The van der Waals surface area contributed by atoms with Crippen LogP contribution in [0.4, 0.5) is 0 Å². The maximum atomic E-state index is 5.34. The lowest BCUT2D eigenvalue weighted by molar-refractivity contribution is 0.419. The molecule has 2 aromatic carbocycles. The van der Waals surface area contributed by atoms with Gasteiger partial charge >= 0.3 is 0 Å². The molecule has 0 unspecified atom stereocenters. The highest BCUT2D eigenvalue weighted by atomic mass is 16.5. The summed E-state index contributed by atoms with van der Waals surface area (Å²) in [6.45, 7) is 2.46. The van der Waals surface area contributed by atoms with Crippen molar-refractivity contribution < 1.29 is 4.52 Å². The van der Waals surface area contributed by atoms with E-state index in [-0.39, 0.29) is 0 Å². The third-order valence-electron chi connectivity index (χ3n) is 3.44. The molecule has 6 nitrogen and oxygen atoms in total. The van der Waals surface area contributed by atoms with Crippen molar-refractivity contribution in [1.82, 2.24) is 25.1 Å². The summed E-state index contributed by atoms with van der Waals surface area (Å²) in [5, 5.41) is 12.3. The van der Waals surface area contributed by atoms with Gasteiger partial charge in [-0.25, -0.2) is 4.68 Å². The Balaban J connectivity index is 1.65. The topological polar surface area (TPSA) is 69.6 Å². The van der Waals surface area contributed by atoms with Crippen LogP contribution in [-0.4, -0.2) is 25.1 Å². The molecule has 0 N–H and O–H groups in total. The molecule has 0 aliphatic heterocycles. The smallest absolute Gasteiger partial charge is 0.257 e. The van der Waals surface area contributed by atoms with Crippen molar-refractivity contribution >= 4 is 11.0 Å². The molecular weight excluding hydrogens is 278 g/mol. The van der Waals surface area contributed by atoms with Crippen molar-refractivity contribution in [2.24, 2.45) is 0 Å². The summed E-state index contributed by atoms with van der Waals surface area (Å²) in [7, 11) is 0. The Hall–Kier alpha value is -3.02. The van der Waals surface area contributed by atoms with Gasteiger partial charge in [0.25, 0.3) is 5.89 Å². The Morgan fingerprint density at radius 2 is 2.00 bits per heavy atom. The van der Waals surface area contributed by atoms with Crippen LogP contribution < -0.4 is 0 Å². The van der Waals surface area contributed by atoms with Crippen molar-refractivity contribution in [3.63, 3.8) is 0 Å². The van der Waals surface area contributed by atoms with Crippen LogP contribution >= 0.6 is 0 Å². The van der Waals surface area contributed by atoms with Gasteiger partial charge in [-0.2, -0.15) is 4.98 Å². The summed E-state index contributed by atoms with van der Waals surface area (Å²) in [4.78, 5) is 4.44. The first kappa shape index (κ1) is 12.7. The lowest BCUT2D eigenvalue weighted by atomic mass is 10.1. The Morgan fingerprint density at radius 1 is 1.09 bits per heavy atom. The van der Waals surface area contributed by atoms with E-state index in [1.807, 2.05) is 55.5 Å². The van der Waals surface area contributed by atoms with Gasteiger partial charge in [0.2, 0.25) is 0 Å². The summed E-state index contributed by atoms with van der Waals surface area (Å²) in [6, 6.07) is 15.8. The predicted octanol–water partition coefficient (Wildman–Crippen LogP) is 2.84. The van der Waals surface area contributed by atoms with Crippen molar-refractivity contribution in [3.8, 4) is 11.5 Å². The van der Waals surface area contributed by atoms with E-state index in [0.717, 1.165) is 22.2 Å². The van der Waals surface area contributed by atoms with Crippen molar-refractivity contribution in [1.29, 1.82) is 0 Å². The second kappa shape index (κ2) is 5.07. The molecule has 108 valence electrons. The average Bonchev–Trinajstić information content (AvgIpc) is 3.16. The fraction of sp³-hybridized carbons (Fsp3) is 0.125. The first-order valence-corrected chi connectivity index (χ1v) is 6.97. The molecule has 4 aromatic rings. The molecule has 2 aromatic heterocycles. The van der Waals surface area contributed by atoms with Crippen molar-refractivity contribution in [3.05, 3.63) is 59.9 Å². The molecule has 0 spiro atoms. The minimum absolute atomic E-state index is 0.426. The number of hydrogen-bond donors (Lipinski definition) is 0. The van der Waals surface area contributed by atoms with Gasteiger partial charge < -0.3 is 4.52 Å². The van der Waals surface area contributed by atoms with Gasteiger partial charge in [0.15, 0.2) is 5.82 Å². The monoisotopic (exact) mass is 291 g/mol. The zero-order valence-electron chi connectivity index (χ0n) is 12.0. The lowest BCUT2D eigenvalue weighted by Gasteiger charge is -1.97. The Morgan fingerprint density at radius 3 is 2.91 bits per heavy atom. The number of aryl methyl sites for hydroxylation is 1. The van der Waals surface area contributed by atoms with Gasteiger partial charge in [-0.05, 0) is 31.2 Å². The van der Waals surface area contributed by atoms with Gasteiger partial charge in [0, 0.05) is 5.56 Å². The number of fused-ring (bicyclic) bond motifs is 1. The fourth-order valence-electron chi connectivity index (χ4n) is 2.38. The van der Waals surface area contributed by atoms with E-state index in [9.17, 15) is 0 Å². The lowest BCUT2D eigenvalue weighted by Crippen LogP contribution is -2.03. The van der Waals surface area contributed by atoms with Crippen LogP contribution in [0.5, 0.6) is 0 Å². The predicted molar refractivity (Wildman–Crippen MR) is 81.1 cm³/mol. The Kier molecular flexibility index (Phi) is 2.93. The van der Waals surface area contributed by atoms with Gasteiger partial charge in [-0.3, -0.25) is 0 Å². The van der Waals surface area contributed by atoms with Crippen LogP contribution in [0.2, 0.25) is 0 Å². The van der Waals surface area contributed by atoms with Crippen LogP contribution in [0, 0.1) is 6.92 Å². The van der Waals surface area contributed by atoms with E-state index >= 15 is 0 Å². The van der Waals surface area contributed by atoms with Gasteiger partial charge in [0.05, 0.1) is 5.52 Å². The van der Waals surface area contributed by atoms with Gasteiger partial charge in [0.1, 0.15) is 12.1 Å². The van der Waals surface area contributed by atoms with E-state index in [1.165, 1.54) is 0 Å². The Labute approximate surface area is 126 Å². The second-order valence-corrected chi connectivity index (χ2v) is 5.12. The molecular formula is C16H13N5O. The van der Waals surface area contributed by atoms with Gasteiger partial charge in [-0.15, -0.1) is 5.10 Å². The quantitative estimate of drug-likeness (QED) is 0.580. The number of benzene rings is 2.